The van der Waals surface area contributed by atoms with Crippen molar-refractivity contribution in [1.82, 2.24) is 0 Å². The van der Waals surface area contributed by atoms with Crippen molar-refractivity contribution >= 4 is 11.9 Å². The minimum atomic E-state index is -0.460. The van der Waals surface area contributed by atoms with E-state index < -0.39 is 11.9 Å². The van der Waals surface area contributed by atoms with E-state index in [4.69, 9.17) is 0 Å². The van der Waals surface area contributed by atoms with Gasteiger partial charge in [-0.25, -0.2) is 9.59 Å². The van der Waals surface area contributed by atoms with Gasteiger partial charge in [0.25, 0.3) is 0 Å². The molecule has 0 fully saturated rings. The van der Waals surface area contributed by atoms with E-state index in [1.165, 1.54) is 57.8 Å². The van der Waals surface area contributed by atoms with Gasteiger partial charge in [0.2, 0.25) is 0 Å². The number of ether oxygens (including phenoxy) is 1. The van der Waals surface area contributed by atoms with E-state index in [9.17, 15) is 9.59 Å². The van der Waals surface area contributed by atoms with Crippen molar-refractivity contribution in [3.8, 4) is 0 Å². The summed E-state index contributed by atoms with van der Waals surface area (Å²) in [6.07, 6.45) is 14.8. The predicted octanol–water partition coefficient (Wildman–Crippen LogP) is 5.09. The molecule has 3 nitrogen and oxygen atoms in total. The Morgan fingerprint density at radius 1 is 0.714 bits per heavy atom. The Morgan fingerprint density at radius 2 is 1.19 bits per heavy atom. The maximum atomic E-state index is 11.4. The monoisotopic (exact) mass is 294 g/mol. The van der Waals surface area contributed by atoms with E-state index in [1.54, 1.807) is 6.92 Å². The Bertz CT molecular complexity index is 369. The first kappa shape index (κ1) is 17.9. The zero-order chi connectivity index (χ0) is 15.5. The molecule has 0 radical (unpaired) electrons. The van der Waals surface area contributed by atoms with Crippen LogP contribution in [0.3, 0.4) is 0 Å². The van der Waals surface area contributed by atoms with Crippen molar-refractivity contribution in [2.75, 3.05) is 0 Å². The van der Waals surface area contributed by atoms with Gasteiger partial charge in [0.05, 0.1) is 0 Å². The summed E-state index contributed by atoms with van der Waals surface area (Å²) in [4.78, 5) is 22.6. The van der Waals surface area contributed by atoms with E-state index >= 15 is 0 Å². The van der Waals surface area contributed by atoms with Crippen LogP contribution in [0.15, 0.2) is 11.1 Å². The fraction of sp³-hybridized carbons (Fsp3) is 0.778. The largest absolute Gasteiger partial charge is 0.386 e. The van der Waals surface area contributed by atoms with Gasteiger partial charge in [-0.2, -0.15) is 0 Å². The van der Waals surface area contributed by atoms with Gasteiger partial charge < -0.3 is 4.74 Å². The summed E-state index contributed by atoms with van der Waals surface area (Å²) in [5.41, 5.74) is 1.10. The second-order valence-electron chi connectivity index (χ2n) is 6.07. The molecule has 0 saturated carbocycles. The van der Waals surface area contributed by atoms with Crippen LogP contribution in [0.2, 0.25) is 0 Å². The highest BCUT2D eigenvalue weighted by Crippen LogP contribution is 2.22. The molecule has 0 amide bonds. The molecule has 1 aliphatic heterocycles. The molecule has 0 spiro atoms. The highest BCUT2D eigenvalue weighted by atomic mass is 16.6. The fourth-order valence-electron chi connectivity index (χ4n) is 2.75. The van der Waals surface area contributed by atoms with Gasteiger partial charge >= 0.3 is 11.9 Å². The SMILES string of the molecule is CCCCCCCCCCCCCC1=C(C)C(=O)OC1=O. The number of hydrogen-bond donors (Lipinski definition) is 0. The topological polar surface area (TPSA) is 43.4 Å². The van der Waals surface area contributed by atoms with Crippen LogP contribution in [0.5, 0.6) is 0 Å². The van der Waals surface area contributed by atoms with Crippen molar-refractivity contribution in [3.63, 3.8) is 0 Å². The molecule has 0 aromatic carbocycles. The lowest BCUT2D eigenvalue weighted by molar-refractivity contribution is -0.151. The summed E-state index contributed by atoms with van der Waals surface area (Å²) in [6.45, 7) is 3.93. The van der Waals surface area contributed by atoms with Gasteiger partial charge in [0.15, 0.2) is 0 Å². The molecule has 0 N–H and O–H groups in total. The number of cyclic esters (lactones) is 2. The molecule has 0 unspecified atom stereocenters. The zero-order valence-electron chi connectivity index (χ0n) is 13.7. The number of carbonyl (C=O) groups excluding carboxylic acids is 2. The Morgan fingerprint density at radius 3 is 1.62 bits per heavy atom. The number of carbonyl (C=O) groups is 2. The molecule has 21 heavy (non-hydrogen) atoms. The van der Waals surface area contributed by atoms with Gasteiger partial charge in [-0.15, -0.1) is 0 Å². The Balaban J connectivity index is 1.94. The summed E-state index contributed by atoms with van der Waals surface area (Å²) < 4.78 is 4.58. The highest BCUT2D eigenvalue weighted by Gasteiger charge is 2.28. The minimum absolute atomic E-state index is 0.426. The van der Waals surface area contributed by atoms with Crippen LogP contribution in [0.25, 0.3) is 0 Å². The molecule has 3 heteroatoms. The lowest BCUT2D eigenvalue weighted by atomic mass is 10.0. The summed E-state index contributed by atoms with van der Waals surface area (Å²) in [5, 5.41) is 0. The molecular weight excluding hydrogens is 264 g/mol. The third-order valence-corrected chi connectivity index (χ3v) is 4.22. The van der Waals surface area contributed by atoms with Crippen molar-refractivity contribution in [2.45, 2.75) is 90.9 Å². The molecule has 1 rings (SSSR count). The molecule has 0 aliphatic carbocycles. The van der Waals surface area contributed by atoms with E-state index in [-0.39, 0.29) is 0 Å². The van der Waals surface area contributed by atoms with Gasteiger partial charge in [-0.3, -0.25) is 0 Å². The summed E-state index contributed by atoms with van der Waals surface area (Å²) >= 11 is 0. The Kier molecular flexibility index (Phi) is 9.04. The molecular formula is C18H30O3. The van der Waals surface area contributed by atoms with Gasteiger partial charge in [-0.05, 0) is 19.8 Å². The standard InChI is InChI=1S/C18H30O3/c1-3-4-5-6-7-8-9-10-11-12-13-14-16-15(2)17(19)21-18(16)20/h3-14H2,1-2H3. The van der Waals surface area contributed by atoms with Crippen LogP contribution < -0.4 is 0 Å². The van der Waals surface area contributed by atoms with Crippen LogP contribution in [0, 0.1) is 0 Å². The van der Waals surface area contributed by atoms with Crippen molar-refractivity contribution in [2.24, 2.45) is 0 Å². The number of hydrogen-bond acceptors (Lipinski definition) is 3. The smallest absolute Gasteiger partial charge is 0.342 e. The van der Waals surface area contributed by atoms with Crippen LogP contribution >= 0.6 is 0 Å². The number of esters is 2. The van der Waals surface area contributed by atoms with Crippen LogP contribution in [0.1, 0.15) is 90.9 Å². The lowest BCUT2D eigenvalue weighted by Gasteiger charge is -2.03. The number of rotatable bonds is 12. The van der Waals surface area contributed by atoms with E-state index in [0.717, 1.165) is 12.8 Å². The maximum Gasteiger partial charge on any atom is 0.342 e. The Hall–Kier alpha value is -1.12. The quantitative estimate of drug-likeness (QED) is 0.286. The highest BCUT2D eigenvalue weighted by molar-refractivity contribution is 6.11. The molecule has 0 bridgehead atoms. The molecule has 0 aromatic heterocycles. The first-order valence-electron chi connectivity index (χ1n) is 8.63. The lowest BCUT2D eigenvalue weighted by Crippen LogP contribution is -2.01. The van der Waals surface area contributed by atoms with Crippen LogP contribution in [-0.4, -0.2) is 11.9 Å². The molecule has 0 atom stereocenters. The second kappa shape index (κ2) is 10.6. The molecule has 1 aliphatic rings. The van der Waals surface area contributed by atoms with E-state index in [1.807, 2.05) is 0 Å². The molecule has 0 saturated heterocycles. The maximum absolute atomic E-state index is 11.4. The minimum Gasteiger partial charge on any atom is -0.386 e. The van der Waals surface area contributed by atoms with E-state index in [0.29, 0.717) is 17.6 Å². The van der Waals surface area contributed by atoms with E-state index in [2.05, 4.69) is 11.7 Å². The molecule has 1 heterocycles. The first-order chi connectivity index (χ1) is 10.2. The van der Waals surface area contributed by atoms with Crippen molar-refractivity contribution < 1.29 is 14.3 Å². The van der Waals surface area contributed by atoms with Crippen molar-refractivity contribution in [3.05, 3.63) is 11.1 Å². The molecule has 120 valence electrons. The average molecular weight is 294 g/mol. The summed E-state index contributed by atoms with van der Waals surface area (Å²) in [6, 6.07) is 0. The third kappa shape index (κ3) is 6.92. The summed E-state index contributed by atoms with van der Waals surface area (Å²) in [5.74, 6) is -0.886. The first-order valence-corrected chi connectivity index (χ1v) is 8.63. The second-order valence-corrected chi connectivity index (χ2v) is 6.07. The third-order valence-electron chi connectivity index (χ3n) is 4.22. The van der Waals surface area contributed by atoms with Crippen molar-refractivity contribution in [1.29, 1.82) is 0 Å². The number of unbranched alkanes of at least 4 members (excludes halogenated alkanes) is 10. The average Bonchev–Trinajstić information content (AvgIpc) is 2.70. The zero-order valence-corrected chi connectivity index (χ0v) is 13.7. The van der Waals surface area contributed by atoms with Gasteiger partial charge in [-0.1, -0.05) is 71.1 Å². The van der Waals surface area contributed by atoms with Crippen LogP contribution in [0.4, 0.5) is 0 Å². The summed E-state index contributed by atoms with van der Waals surface area (Å²) in [7, 11) is 0. The predicted molar refractivity (Wildman–Crippen MR) is 84.9 cm³/mol. The van der Waals surface area contributed by atoms with Gasteiger partial charge in [0.1, 0.15) is 0 Å². The van der Waals surface area contributed by atoms with Crippen LogP contribution in [-0.2, 0) is 14.3 Å². The van der Waals surface area contributed by atoms with Gasteiger partial charge in [0, 0.05) is 11.1 Å². The normalized spacial score (nSPS) is 15.0. The Labute approximate surface area is 129 Å². The fourth-order valence-corrected chi connectivity index (χ4v) is 2.75. The molecule has 0 aromatic rings.